The lowest BCUT2D eigenvalue weighted by Gasteiger charge is -2.17. The van der Waals surface area contributed by atoms with Crippen LogP contribution in [0.15, 0.2) is 12.1 Å². The topological polar surface area (TPSA) is 21.3 Å². The van der Waals surface area contributed by atoms with Crippen molar-refractivity contribution in [3.63, 3.8) is 0 Å². The van der Waals surface area contributed by atoms with E-state index >= 15 is 0 Å². The first-order valence-electron chi connectivity index (χ1n) is 6.21. The first-order valence-corrected chi connectivity index (χ1v) is 6.58. The van der Waals surface area contributed by atoms with E-state index < -0.39 is 0 Å². The van der Waals surface area contributed by atoms with Crippen LogP contribution in [0.25, 0.3) is 0 Å². The van der Waals surface area contributed by atoms with Crippen LogP contribution in [0.5, 0.6) is 5.75 Å². The zero-order chi connectivity index (χ0) is 12.8. The molecule has 1 N–H and O–H groups in total. The Morgan fingerprint density at radius 3 is 2.59 bits per heavy atom. The molecule has 1 unspecified atom stereocenters. The molecule has 0 saturated carbocycles. The quantitative estimate of drug-likeness (QED) is 0.831. The third-order valence-electron chi connectivity index (χ3n) is 3.12. The summed E-state index contributed by atoms with van der Waals surface area (Å²) in [5.41, 5.74) is 2.60. The number of methoxy groups -OCH3 is 1. The van der Waals surface area contributed by atoms with Gasteiger partial charge in [0.05, 0.1) is 12.1 Å². The lowest BCUT2D eigenvalue weighted by Crippen LogP contribution is -2.14. The minimum Gasteiger partial charge on any atom is -0.495 e. The van der Waals surface area contributed by atoms with Crippen LogP contribution in [-0.2, 0) is 6.54 Å². The molecule has 3 heteroatoms. The van der Waals surface area contributed by atoms with Gasteiger partial charge in [0.1, 0.15) is 5.75 Å². The summed E-state index contributed by atoms with van der Waals surface area (Å²) in [4.78, 5) is 0. The van der Waals surface area contributed by atoms with Gasteiger partial charge < -0.3 is 10.1 Å². The molecule has 0 amide bonds. The number of hydrogen-bond acceptors (Lipinski definition) is 2. The smallest absolute Gasteiger partial charge is 0.137 e. The molecule has 0 aliphatic carbocycles. The highest BCUT2D eigenvalue weighted by Crippen LogP contribution is 2.33. The minimum absolute atomic E-state index is 0.523. The van der Waals surface area contributed by atoms with Gasteiger partial charge in [-0.1, -0.05) is 32.4 Å². The van der Waals surface area contributed by atoms with Crippen LogP contribution in [0.2, 0.25) is 5.02 Å². The maximum absolute atomic E-state index is 6.18. The third-order valence-corrected chi connectivity index (χ3v) is 3.42. The van der Waals surface area contributed by atoms with E-state index in [1.165, 1.54) is 11.1 Å². The van der Waals surface area contributed by atoms with E-state index in [-0.39, 0.29) is 0 Å². The van der Waals surface area contributed by atoms with Crippen molar-refractivity contribution in [2.24, 2.45) is 0 Å². The molecule has 96 valence electrons. The van der Waals surface area contributed by atoms with Crippen LogP contribution in [-0.4, -0.2) is 13.7 Å². The van der Waals surface area contributed by atoms with Crippen LogP contribution >= 0.6 is 11.6 Å². The van der Waals surface area contributed by atoms with Crippen LogP contribution in [0.3, 0.4) is 0 Å². The Bertz CT molecular complexity index is 365. The van der Waals surface area contributed by atoms with Crippen molar-refractivity contribution in [3.05, 3.63) is 28.3 Å². The van der Waals surface area contributed by atoms with Gasteiger partial charge in [-0.3, -0.25) is 0 Å². The monoisotopic (exact) mass is 255 g/mol. The Morgan fingerprint density at radius 2 is 2.06 bits per heavy atom. The molecule has 0 bridgehead atoms. The molecule has 1 aromatic carbocycles. The van der Waals surface area contributed by atoms with Gasteiger partial charge in [-0.05, 0) is 42.1 Å². The summed E-state index contributed by atoms with van der Waals surface area (Å²) >= 11 is 6.18. The number of ether oxygens (including phenoxy) is 1. The second kappa shape index (κ2) is 6.87. The van der Waals surface area contributed by atoms with Gasteiger partial charge in [0, 0.05) is 6.54 Å². The Labute approximate surface area is 109 Å². The molecule has 1 atom stereocenters. The Hall–Kier alpha value is -0.730. The first-order chi connectivity index (χ1) is 8.13. The summed E-state index contributed by atoms with van der Waals surface area (Å²) in [6.07, 6.45) is 1.11. The average molecular weight is 256 g/mol. The maximum Gasteiger partial charge on any atom is 0.137 e. The SMILES string of the molecule is CCNCc1cc(Cl)c(OC)cc1C(C)CC. The fourth-order valence-corrected chi connectivity index (χ4v) is 2.12. The average Bonchev–Trinajstić information content (AvgIpc) is 2.35. The number of halogens is 1. The van der Waals surface area contributed by atoms with Crippen molar-refractivity contribution >= 4 is 11.6 Å². The number of rotatable bonds is 6. The summed E-state index contributed by atoms with van der Waals surface area (Å²) in [5, 5.41) is 4.04. The van der Waals surface area contributed by atoms with E-state index in [0.717, 1.165) is 25.3 Å². The fourth-order valence-electron chi connectivity index (χ4n) is 1.86. The lowest BCUT2D eigenvalue weighted by molar-refractivity contribution is 0.413. The van der Waals surface area contributed by atoms with Gasteiger partial charge in [-0.25, -0.2) is 0 Å². The largest absolute Gasteiger partial charge is 0.495 e. The fraction of sp³-hybridized carbons (Fsp3) is 0.571. The Morgan fingerprint density at radius 1 is 1.35 bits per heavy atom. The summed E-state index contributed by atoms with van der Waals surface area (Å²) in [5.74, 6) is 1.29. The summed E-state index contributed by atoms with van der Waals surface area (Å²) in [7, 11) is 1.66. The summed E-state index contributed by atoms with van der Waals surface area (Å²) < 4.78 is 5.29. The van der Waals surface area contributed by atoms with Crippen molar-refractivity contribution in [3.8, 4) is 5.75 Å². The molecule has 0 fully saturated rings. The molecule has 0 saturated heterocycles. The molecule has 0 heterocycles. The molecule has 0 aromatic heterocycles. The Kier molecular flexibility index (Phi) is 5.79. The van der Waals surface area contributed by atoms with E-state index in [0.29, 0.717) is 10.9 Å². The summed E-state index contributed by atoms with van der Waals surface area (Å²) in [6.45, 7) is 8.36. The Balaban J connectivity index is 3.11. The molecule has 17 heavy (non-hydrogen) atoms. The molecule has 2 nitrogen and oxygen atoms in total. The van der Waals surface area contributed by atoms with Crippen molar-refractivity contribution in [1.29, 1.82) is 0 Å². The first kappa shape index (κ1) is 14.3. The summed E-state index contributed by atoms with van der Waals surface area (Å²) in [6, 6.07) is 4.09. The lowest BCUT2D eigenvalue weighted by atomic mass is 9.93. The van der Waals surface area contributed by atoms with E-state index in [1.807, 2.05) is 6.07 Å². The van der Waals surface area contributed by atoms with Crippen molar-refractivity contribution in [1.82, 2.24) is 5.32 Å². The van der Waals surface area contributed by atoms with Crippen LogP contribution in [0, 0.1) is 0 Å². The van der Waals surface area contributed by atoms with Gasteiger partial charge in [0.15, 0.2) is 0 Å². The van der Waals surface area contributed by atoms with Crippen LogP contribution in [0.1, 0.15) is 44.2 Å². The van der Waals surface area contributed by atoms with Crippen molar-refractivity contribution in [2.45, 2.75) is 39.7 Å². The van der Waals surface area contributed by atoms with Gasteiger partial charge in [-0.15, -0.1) is 0 Å². The molecule has 1 aromatic rings. The molecule has 1 rings (SSSR count). The zero-order valence-corrected chi connectivity index (χ0v) is 11.9. The maximum atomic E-state index is 6.18. The minimum atomic E-state index is 0.523. The highest BCUT2D eigenvalue weighted by atomic mass is 35.5. The van der Waals surface area contributed by atoms with Gasteiger partial charge >= 0.3 is 0 Å². The third kappa shape index (κ3) is 3.62. The predicted octanol–water partition coefficient (Wildman–Crippen LogP) is 3.97. The van der Waals surface area contributed by atoms with E-state index in [2.05, 4.69) is 32.2 Å². The molecule has 0 spiro atoms. The number of nitrogens with one attached hydrogen (secondary N) is 1. The highest BCUT2D eigenvalue weighted by molar-refractivity contribution is 6.32. The van der Waals surface area contributed by atoms with Gasteiger partial charge in [0.2, 0.25) is 0 Å². The molecule has 0 aliphatic heterocycles. The predicted molar refractivity (Wildman–Crippen MR) is 74.1 cm³/mol. The van der Waals surface area contributed by atoms with E-state index in [1.54, 1.807) is 7.11 Å². The van der Waals surface area contributed by atoms with Crippen molar-refractivity contribution in [2.75, 3.05) is 13.7 Å². The second-order valence-electron chi connectivity index (χ2n) is 4.28. The number of hydrogen-bond donors (Lipinski definition) is 1. The normalized spacial score (nSPS) is 12.5. The van der Waals surface area contributed by atoms with Crippen LogP contribution < -0.4 is 10.1 Å². The van der Waals surface area contributed by atoms with Gasteiger partial charge in [-0.2, -0.15) is 0 Å². The van der Waals surface area contributed by atoms with E-state index in [4.69, 9.17) is 16.3 Å². The zero-order valence-electron chi connectivity index (χ0n) is 11.1. The second-order valence-corrected chi connectivity index (χ2v) is 4.68. The van der Waals surface area contributed by atoms with Gasteiger partial charge in [0.25, 0.3) is 0 Å². The molecule has 0 aliphatic rings. The standard InChI is InChI=1S/C14H22ClNO/c1-5-10(3)12-8-14(17-4)13(15)7-11(12)9-16-6-2/h7-8,10,16H,5-6,9H2,1-4H3. The van der Waals surface area contributed by atoms with Crippen molar-refractivity contribution < 1.29 is 4.74 Å². The molecular formula is C14H22ClNO. The molecular weight excluding hydrogens is 234 g/mol. The van der Waals surface area contributed by atoms with Crippen LogP contribution in [0.4, 0.5) is 0 Å². The highest BCUT2D eigenvalue weighted by Gasteiger charge is 2.13. The molecule has 0 radical (unpaired) electrons. The number of benzene rings is 1. The van der Waals surface area contributed by atoms with E-state index in [9.17, 15) is 0 Å².